The van der Waals surface area contributed by atoms with E-state index in [1.807, 2.05) is 0 Å². The number of methoxy groups -OCH3 is 1. The number of benzene rings is 2. The number of hydrogen-bond acceptors (Lipinski definition) is 7. The van der Waals surface area contributed by atoms with Crippen molar-refractivity contribution < 1.29 is 33.4 Å². The lowest BCUT2D eigenvalue weighted by Gasteiger charge is -2.31. The van der Waals surface area contributed by atoms with Gasteiger partial charge in [-0.1, -0.05) is 44.0 Å². The molecule has 2 amide bonds. The van der Waals surface area contributed by atoms with Crippen LogP contribution in [0.3, 0.4) is 0 Å². The highest BCUT2D eigenvalue weighted by Crippen LogP contribution is 2.35. The maximum absolute atomic E-state index is 14.3. The van der Waals surface area contributed by atoms with Crippen LogP contribution in [0.4, 0.5) is 4.79 Å². The first-order valence-corrected chi connectivity index (χ1v) is 15.1. The second kappa shape index (κ2) is 12.6. The van der Waals surface area contributed by atoms with Gasteiger partial charge in [0.2, 0.25) is 17.7 Å². The second-order valence-corrected chi connectivity index (χ2v) is 13.1. The zero-order valence-corrected chi connectivity index (χ0v) is 28.4. The SMILES string of the molecule is COC(=O)[C@@H](NC(=O)[C@H](c1cn(C(C)=O)c2cc(Br)ccc12)N(C)C(=O)OC(C)(C)C)c1cn(C(C)=O)c2cc(Br)ccc12. The largest absolute Gasteiger partial charge is 0.467 e. The molecule has 232 valence electrons. The summed E-state index contributed by atoms with van der Waals surface area (Å²) < 4.78 is 14.8. The maximum Gasteiger partial charge on any atom is 0.410 e. The van der Waals surface area contributed by atoms with Crippen LogP contribution < -0.4 is 5.32 Å². The molecule has 0 saturated carbocycles. The van der Waals surface area contributed by atoms with Gasteiger partial charge in [0.1, 0.15) is 11.6 Å². The van der Waals surface area contributed by atoms with E-state index in [1.165, 1.54) is 49.5 Å². The van der Waals surface area contributed by atoms with Crippen LogP contribution in [0.25, 0.3) is 21.8 Å². The Labute approximate surface area is 270 Å². The van der Waals surface area contributed by atoms with Gasteiger partial charge in [0.05, 0.1) is 18.1 Å². The Kier molecular flexibility index (Phi) is 9.40. The van der Waals surface area contributed by atoms with E-state index >= 15 is 0 Å². The number of rotatable bonds is 6. The lowest BCUT2D eigenvalue weighted by atomic mass is 10.0. The summed E-state index contributed by atoms with van der Waals surface area (Å²) in [7, 11) is 2.59. The summed E-state index contributed by atoms with van der Waals surface area (Å²) in [5.74, 6) is -2.16. The highest BCUT2D eigenvalue weighted by atomic mass is 79.9. The number of carbonyl (C=O) groups is 5. The van der Waals surface area contributed by atoms with Gasteiger partial charge in [-0.05, 0) is 45.0 Å². The molecule has 0 fully saturated rings. The fraction of sp³-hybridized carbons (Fsp3) is 0.323. The van der Waals surface area contributed by atoms with E-state index in [0.29, 0.717) is 41.9 Å². The average Bonchev–Trinajstić information content (AvgIpc) is 3.49. The molecule has 0 unspecified atom stereocenters. The van der Waals surface area contributed by atoms with Crippen molar-refractivity contribution in [2.24, 2.45) is 0 Å². The van der Waals surface area contributed by atoms with Gasteiger partial charge in [0.25, 0.3) is 0 Å². The summed E-state index contributed by atoms with van der Waals surface area (Å²) in [4.78, 5) is 67.1. The number of amides is 2. The fourth-order valence-electron chi connectivity index (χ4n) is 4.99. The predicted molar refractivity (Wildman–Crippen MR) is 172 cm³/mol. The van der Waals surface area contributed by atoms with Crippen molar-refractivity contribution in [3.63, 3.8) is 0 Å². The van der Waals surface area contributed by atoms with Gasteiger partial charge in [-0.15, -0.1) is 0 Å². The Morgan fingerprint density at radius 1 is 0.841 bits per heavy atom. The summed E-state index contributed by atoms with van der Waals surface area (Å²) in [6, 6.07) is 7.70. The van der Waals surface area contributed by atoms with Crippen LogP contribution >= 0.6 is 31.9 Å². The average molecular weight is 732 g/mol. The van der Waals surface area contributed by atoms with Gasteiger partial charge in [-0.25, -0.2) is 9.59 Å². The first kappa shape index (κ1) is 32.9. The molecule has 0 aliphatic carbocycles. The van der Waals surface area contributed by atoms with E-state index in [1.54, 1.807) is 57.2 Å². The van der Waals surface area contributed by atoms with Crippen molar-refractivity contribution in [3.8, 4) is 0 Å². The molecule has 0 bridgehead atoms. The Morgan fingerprint density at radius 3 is 1.77 bits per heavy atom. The number of esters is 1. The van der Waals surface area contributed by atoms with Crippen LogP contribution in [0.1, 0.15) is 67.4 Å². The summed E-state index contributed by atoms with van der Waals surface area (Å²) in [5.41, 5.74) is 0.797. The Morgan fingerprint density at radius 2 is 1.32 bits per heavy atom. The zero-order chi connectivity index (χ0) is 32.7. The molecule has 2 aromatic carbocycles. The highest BCUT2D eigenvalue weighted by molar-refractivity contribution is 9.10. The molecule has 1 N–H and O–H groups in total. The number of nitrogens with one attached hydrogen (secondary N) is 1. The molecule has 0 spiro atoms. The third kappa shape index (κ3) is 6.58. The van der Waals surface area contributed by atoms with Crippen LogP contribution in [0.5, 0.6) is 0 Å². The van der Waals surface area contributed by atoms with Crippen molar-refractivity contribution in [1.82, 2.24) is 19.4 Å². The molecule has 13 heteroatoms. The van der Waals surface area contributed by atoms with Gasteiger partial charge in [0.15, 0.2) is 6.04 Å². The van der Waals surface area contributed by atoms with Gasteiger partial charge in [-0.2, -0.15) is 0 Å². The number of halogens is 2. The second-order valence-electron chi connectivity index (χ2n) is 11.2. The third-order valence-corrected chi connectivity index (χ3v) is 7.91. The third-order valence-electron chi connectivity index (χ3n) is 6.92. The lowest BCUT2D eigenvalue weighted by molar-refractivity contribution is -0.145. The molecule has 2 aromatic heterocycles. The van der Waals surface area contributed by atoms with Crippen LogP contribution in [0.15, 0.2) is 57.7 Å². The molecule has 4 rings (SSSR count). The smallest absolute Gasteiger partial charge is 0.410 e. The van der Waals surface area contributed by atoms with Gasteiger partial charge < -0.3 is 14.8 Å². The molecular formula is C31H32Br2N4O7. The number of hydrogen-bond donors (Lipinski definition) is 1. The van der Waals surface area contributed by atoms with Crippen molar-refractivity contribution >= 4 is 83.4 Å². The summed E-state index contributed by atoms with van der Waals surface area (Å²) >= 11 is 6.84. The number of aromatic nitrogens is 2. The van der Waals surface area contributed by atoms with E-state index in [-0.39, 0.29) is 11.8 Å². The summed E-state index contributed by atoms with van der Waals surface area (Å²) in [5, 5.41) is 3.82. The van der Waals surface area contributed by atoms with E-state index in [0.717, 1.165) is 4.90 Å². The lowest BCUT2D eigenvalue weighted by Crippen LogP contribution is -2.45. The molecule has 0 saturated heterocycles. The Bertz CT molecular complexity index is 1820. The molecule has 11 nitrogen and oxygen atoms in total. The number of likely N-dealkylation sites (N-methyl/N-ethyl adjacent to an activating group) is 1. The minimum atomic E-state index is -1.36. The van der Waals surface area contributed by atoms with Crippen molar-refractivity contribution in [1.29, 1.82) is 0 Å². The van der Waals surface area contributed by atoms with E-state index in [9.17, 15) is 24.0 Å². The Hall–Kier alpha value is -3.97. The van der Waals surface area contributed by atoms with Crippen molar-refractivity contribution in [2.75, 3.05) is 14.2 Å². The molecule has 0 aliphatic heterocycles. The molecule has 0 aliphatic rings. The van der Waals surface area contributed by atoms with E-state index < -0.39 is 35.7 Å². The van der Waals surface area contributed by atoms with Crippen molar-refractivity contribution in [3.05, 3.63) is 68.9 Å². The maximum atomic E-state index is 14.3. The van der Waals surface area contributed by atoms with Gasteiger partial charge in [0, 0.05) is 64.1 Å². The van der Waals surface area contributed by atoms with E-state index in [4.69, 9.17) is 9.47 Å². The predicted octanol–water partition coefficient (Wildman–Crippen LogP) is 6.38. The van der Waals surface area contributed by atoms with Gasteiger partial charge >= 0.3 is 12.1 Å². The van der Waals surface area contributed by atoms with Crippen LogP contribution in [-0.4, -0.2) is 63.6 Å². The highest BCUT2D eigenvalue weighted by Gasteiger charge is 2.37. The van der Waals surface area contributed by atoms with E-state index in [2.05, 4.69) is 37.2 Å². The van der Waals surface area contributed by atoms with Gasteiger partial charge in [-0.3, -0.25) is 28.4 Å². The normalized spacial score (nSPS) is 12.9. The zero-order valence-electron chi connectivity index (χ0n) is 25.2. The fourth-order valence-corrected chi connectivity index (χ4v) is 5.69. The molecule has 2 atom stereocenters. The Balaban J connectivity index is 1.89. The quantitative estimate of drug-likeness (QED) is 0.228. The molecular weight excluding hydrogens is 700 g/mol. The topological polar surface area (TPSA) is 129 Å². The number of ether oxygens (including phenoxy) is 2. The van der Waals surface area contributed by atoms with Crippen LogP contribution in [0, 0.1) is 0 Å². The molecule has 0 radical (unpaired) electrons. The molecule has 2 heterocycles. The first-order chi connectivity index (χ1) is 20.5. The summed E-state index contributed by atoms with van der Waals surface area (Å²) in [6.07, 6.45) is 2.18. The standard InChI is InChI=1S/C31H32Br2N4O7/c1-16(38)36-14-22(20-10-8-18(32)12-24(20)36)26(29(41)43-7)34-28(40)27(35(6)30(42)44-31(3,4)5)23-15-37(17(2)39)25-13-19(33)9-11-21(23)25/h8-15,26-27H,1-7H3,(H,34,40)/t26-,27-/m0/s1. The van der Waals surface area contributed by atoms with Crippen LogP contribution in [-0.2, 0) is 19.1 Å². The summed E-state index contributed by atoms with van der Waals surface area (Å²) in [6.45, 7) is 7.86. The number of nitrogens with zero attached hydrogens (tertiary/aromatic N) is 3. The minimum absolute atomic E-state index is 0.306. The monoisotopic (exact) mass is 730 g/mol. The number of carbonyl (C=O) groups excluding carboxylic acids is 5. The minimum Gasteiger partial charge on any atom is -0.467 e. The number of fused-ring (bicyclic) bond motifs is 2. The van der Waals surface area contributed by atoms with Crippen molar-refractivity contribution in [2.45, 2.75) is 52.3 Å². The molecule has 4 aromatic rings. The van der Waals surface area contributed by atoms with Crippen LogP contribution in [0.2, 0.25) is 0 Å². The molecule has 44 heavy (non-hydrogen) atoms. The first-order valence-electron chi connectivity index (χ1n) is 13.5.